The maximum absolute atomic E-state index is 12.9. The molecular weight excluding hydrogens is 380 g/mol. The van der Waals surface area contributed by atoms with Crippen LogP contribution in [0.5, 0.6) is 0 Å². The maximum Gasteiger partial charge on any atom is 0.251 e. The fraction of sp³-hybridized carbons (Fsp3) is 0.348. The lowest BCUT2D eigenvalue weighted by molar-refractivity contribution is 0.0891. The van der Waals surface area contributed by atoms with Crippen LogP contribution < -0.4 is 5.32 Å². The molecule has 1 amide bonds. The third-order valence-corrected chi connectivity index (χ3v) is 6.84. The van der Waals surface area contributed by atoms with Gasteiger partial charge in [0.05, 0.1) is 16.6 Å². The van der Waals surface area contributed by atoms with Crippen LogP contribution in [0.2, 0.25) is 0 Å². The number of carbonyl (C=O) groups is 1. The Bertz CT molecular complexity index is 1300. The second-order valence-electron chi connectivity index (χ2n) is 8.30. The van der Waals surface area contributed by atoms with Gasteiger partial charge < -0.3 is 10.3 Å². The topological polar surface area (TPSA) is 62.2 Å². The summed E-state index contributed by atoms with van der Waals surface area (Å²) in [6.07, 6.45) is 3.47. The highest BCUT2D eigenvalue weighted by Gasteiger charge is 2.28. The van der Waals surface area contributed by atoms with Gasteiger partial charge in [-0.2, -0.15) is 0 Å². The van der Waals surface area contributed by atoms with Crippen LogP contribution in [0.1, 0.15) is 43.5 Å². The van der Waals surface area contributed by atoms with Crippen molar-refractivity contribution in [2.75, 3.05) is 0 Å². The second-order valence-corrected chi connectivity index (χ2v) is 8.68. The normalized spacial score (nSPS) is 22.3. The summed E-state index contributed by atoms with van der Waals surface area (Å²) in [5.74, 6) is 1.12. The van der Waals surface area contributed by atoms with Crippen molar-refractivity contribution < 1.29 is 4.79 Å². The summed E-state index contributed by atoms with van der Waals surface area (Å²) in [6, 6.07) is 13.9. The monoisotopic (exact) mass is 404 g/mol. The summed E-state index contributed by atoms with van der Waals surface area (Å²) < 4.78 is 2.53. The first kappa shape index (κ1) is 18.3. The standard InChI is InChI=1S/C23H24N4OS/c1-13-6-5-8-17(14(13)2)25-22(28)15-10-11-16-19(12-15)26-23(29)27-20-9-4-3-7-18(20)24-21(16)27/h3-4,7,9-14,17H,5-6,8H2,1-2H3,(H,25,28)(H,26,29). The Hall–Kier alpha value is -2.73. The van der Waals surface area contributed by atoms with Gasteiger partial charge in [-0.15, -0.1) is 0 Å². The first-order valence-corrected chi connectivity index (χ1v) is 10.7. The van der Waals surface area contributed by atoms with Crippen LogP contribution in [-0.4, -0.2) is 26.3 Å². The molecule has 0 radical (unpaired) electrons. The Morgan fingerprint density at radius 1 is 1.21 bits per heavy atom. The van der Waals surface area contributed by atoms with Gasteiger partial charge in [0.1, 0.15) is 5.65 Å². The molecule has 4 aromatic rings. The Labute approximate surface area is 174 Å². The Morgan fingerprint density at radius 3 is 2.90 bits per heavy atom. The van der Waals surface area contributed by atoms with Gasteiger partial charge in [0, 0.05) is 17.0 Å². The minimum Gasteiger partial charge on any atom is -0.349 e. The molecule has 3 unspecified atom stereocenters. The van der Waals surface area contributed by atoms with E-state index in [1.54, 1.807) is 0 Å². The zero-order valence-electron chi connectivity index (χ0n) is 16.6. The minimum atomic E-state index is -0.0226. The fourth-order valence-corrected chi connectivity index (χ4v) is 4.90. The second kappa shape index (κ2) is 6.95. The number of H-pyrrole nitrogens is 1. The summed E-state index contributed by atoms with van der Waals surface area (Å²) in [5, 5.41) is 4.20. The molecule has 0 aliphatic heterocycles. The summed E-state index contributed by atoms with van der Waals surface area (Å²) in [7, 11) is 0. The Kier molecular flexibility index (Phi) is 4.39. The fourth-order valence-electron chi connectivity index (χ4n) is 4.60. The zero-order chi connectivity index (χ0) is 20.1. The number of fused-ring (bicyclic) bond motifs is 5. The van der Waals surface area contributed by atoms with Crippen molar-refractivity contribution in [1.82, 2.24) is 19.7 Å². The van der Waals surface area contributed by atoms with Gasteiger partial charge in [-0.25, -0.2) is 4.98 Å². The van der Waals surface area contributed by atoms with E-state index >= 15 is 0 Å². The van der Waals surface area contributed by atoms with Gasteiger partial charge >= 0.3 is 0 Å². The maximum atomic E-state index is 12.9. The van der Waals surface area contributed by atoms with E-state index in [4.69, 9.17) is 17.2 Å². The number of imidazole rings is 1. The van der Waals surface area contributed by atoms with Gasteiger partial charge in [0.25, 0.3) is 5.91 Å². The third kappa shape index (κ3) is 3.02. The van der Waals surface area contributed by atoms with Crippen LogP contribution in [0, 0.1) is 16.6 Å². The summed E-state index contributed by atoms with van der Waals surface area (Å²) in [5.41, 5.74) is 4.17. The lowest BCUT2D eigenvalue weighted by Gasteiger charge is -2.34. The lowest BCUT2D eigenvalue weighted by atomic mass is 9.78. The average molecular weight is 405 g/mol. The van der Waals surface area contributed by atoms with Crippen molar-refractivity contribution in [3.05, 3.63) is 52.8 Å². The van der Waals surface area contributed by atoms with Crippen LogP contribution >= 0.6 is 12.2 Å². The van der Waals surface area contributed by atoms with Crippen molar-refractivity contribution in [1.29, 1.82) is 0 Å². The first-order chi connectivity index (χ1) is 14.0. The number of carbonyl (C=O) groups excluding carboxylic acids is 1. The quantitative estimate of drug-likeness (QED) is 0.448. The molecule has 29 heavy (non-hydrogen) atoms. The number of amides is 1. The van der Waals surface area contributed by atoms with E-state index in [0.29, 0.717) is 22.2 Å². The van der Waals surface area contributed by atoms with Crippen molar-refractivity contribution in [2.24, 2.45) is 11.8 Å². The van der Waals surface area contributed by atoms with E-state index in [1.165, 1.54) is 12.8 Å². The summed E-state index contributed by atoms with van der Waals surface area (Å²) >= 11 is 5.60. The summed E-state index contributed by atoms with van der Waals surface area (Å²) in [6.45, 7) is 4.52. The predicted molar refractivity (Wildman–Crippen MR) is 119 cm³/mol. The highest BCUT2D eigenvalue weighted by Crippen LogP contribution is 2.30. The molecule has 2 aromatic carbocycles. The van der Waals surface area contributed by atoms with Crippen molar-refractivity contribution in [3.63, 3.8) is 0 Å². The molecule has 1 fully saturated rings. The molecule has 148 valence electrons. The number of nitrogens with zero attached hydrogens (tertiary/aromatic N) is 2. The number of hydrogen-bond donors (Lipinski definition) is 2. The molecule has 6 heteroatoms. The molecule has 0 saturated heterocycles. The van der Waals surface area contributed by atoms with Gasteiger partial charge in [0.2, 0.25) is 0 Å². The van der Waals surface area contributed by atoms with Crippen LogP contribution in [0.3, 0.4) is 0 Å². The van der Waals surface area contributed by atoms with E-state index in [1.807, 2.05) is 46.9 Å². The van der Waals surface area contributed by atoms with Crippen molar-refractivity contribution >= 4 is 45.7 Å². The average Bonchev–Trinajstić information content (AvgIpc) is 3.11. The summed E-state index contributed by atoms with van der Waals surface area (Å²) in [4.78, 5) is 21.0. The number of aromatic nitrogens is 3. The molecule has 3 atom stereocenters. The van der Waals surface area contributed by atoms with E-state index in [9.17, 15) is 4.79 Å². The van der Waals surface area contributed by atoms with E-state index in [-0.39, 0.29) is 11.9 Å². The molecule has 2 aromatic heterocycles. The number of hydrogen-bond acceptors (Lipinski definition) is 3. The largest absolute Gasteiger partial charge is 0.349 e. The molecule has 0 spiro atoms. The molecule has 1 saturated carbocycles. The number of nitrogens with one attached hydrogen (secondary N) is 2. The predicted octanol–water partition coefficient (Wildman–Crippen LogP) is 5.25. The van der Waals surface area contributed by atoms with Gasteiger partial charge in [-0.05, 0) is 60.8 Å². The molecule has 5 rings (SSSR count). The smallest absolute Gasteiger partial charge is 0.251 e. The molecule has 2 heterocycles. The highest BCUT2D eigenvalue weighted by molar-refractivity contribution is 7.71. The number of para-hydroxylation sites is 2. The molecule has 2 N–H and O–H groups in total. The van der Waals surface area contributed by atoms with Crippen LogP contribution in [0.15, 0.2) is 42.5 Å². The van der Waals surface area contributed by atoms with Crippen LogP contribution in [-0.2, 0) is 0 Å². The van der Waals surface area contributed by atoms with Gasteiger partial charge in [-0.1, -0.05) is 38.8 Å². The highest BCUT2D eigenvalue weighted by atomic mass is 32.1. The zero-order valence-corrected chi connectivity index (χ0v) is 17.4. The third-order valence-electron chi connectivity index (χ3n) is 6.55. The molecular formula is C23H24N4OS. The van der Waals surface area contributed by atoms with Crippen LogP contribution in [0.25, 0.3) is 27.6 Å². The van der Waals surface area contributed by atoms with Crippen molar-refractivity contribution in [2.45, 2.75) is 39.2 Å². The SMILES string of the molecule is CC1CCCC(NC(=O)c2ccc3c(c2)[nH]c(=S)n2c4ccccc4nc32)C1C. The van der Waals surface area contributed by atoms with E-state index < -0.39 is 0 Å². The van der Waals surface area contributed by atoms with Crippen LogP contribution in [0.4, 0.5) is 0 Å². The molecule has 1 aliphatic rings. The lowest BCUT2D eigenvalue weighted by Crippen LogP contribution is -2.43. The van der Waals surface area contributed by atoms with E-state index in [2.05, 4.69) is 24.1 Å². The Morgan fingerprint density at radius 2 is 2.03 bits per heavy atom. The Balaban J connectivity index is 1.55. The van der Waals surface area contributed by atoms with Gasteiger partial charge in [-0.3, -0.25) is 9.20 Å². The first-order valence-electron chi connectivity index (χ1n) is 10.3. The van der Waals surface area contributed by atoms with E-state index in [0.717, 1.165) is 34.0 Å². The van der Waals surface area contributed by atoms with Crippen molar-refractivity contribution in [3.8, 4) is 0 Å². The molecule has 5 nitrogen and oxygen atoms in total. The number of rotatable bonds is 2. The van der Waals surface area contributed by atoms with Gasteiger partial charge in [0.15, 0.2) is 4.77 Å². The minimum absolute atomic E-state index is 0.0226. The number of aromatic amines is 1. The number of benzene rings is 2. The molecule has 1 aliphatic carbocycles. The molecule has 0 bridgehead atoms.